The maximum Gasteiger partial charge on any atom is 0.326 e. The van der Waals surface area contributed by atoms with Crippen LogP contribution in [0.5, 0.6) is 0 Å². The van der Waals surface area contributed by atoms with Crippen molar-refractivity contribution in [3.8, 4) is 6.07 Å². The predicted molar refractivity (Wildman–Crippen MR) is 88.7 cm³/mol. The first kappa shape index (κ1) is 18.2. The molecule has 11 nitrogen and oxygen atoms in total. The maximum atomic E-state index is 11.8. The largest absolute Gasteiger partial charge is 0.369 e. The Labute approximate surface area is 138 Å². The standard InChI is InChI=1S/C12H20N7O4P/c13-2-1-3-18(6-7-24(21,22)23)4-5-19-8-15-9-10(19)16-12(14)17-11(9)20/h15H,1,3-8H2,(H2,21,22,23)(H3,14,16,17,20). The van der Waals surface area contributed by atoms with Gasteiger partial charge in [-0.25, -0.2) is 0 Å². The van der Waals surface area contributed by atoms with Crippen LogP contribution in [0.3, 0.4) is 0 Å². The highest BCUT2D eigenvalue weighted by molar-refractivity contribution is 7.51. The first-order valence-corrected chi connectivity index (χ1v) is 9.12. The van der Waals surface area contributed by atoms with Gasteiger partial charge in [-0.2, -0.15) is 10.2 Å². The number of H-pyrrole nitrogens is 1. The van der Waals surface area contributed by atoms with Crippen LogP contribution in [0.1, 0.15) is 6.42 Å². The van der Waals surface area contributed by atoms with E-state index in [1.54, 1.807) is 4.90 Å². The predicted octanol–water partition coefficient (Wildman–Crippen LogP) is -1.07. The summed E-state index contributed by atoms with van der Waals surface area (Å²) in [5, 5.41) is 11.6. The van der Waals surface area contributed by atoms with Crippen LogP contribution < -0.4 is 21.5 Å². The molecule has 0 fully saturated rings. The molecule has 0 radical (unpaired) electrons. The summed E-state index contributed by atoms with van der Waals surface area (Å²) in [6.45, 7) is 1.93. The molecule has 0 aromatic carbocycles. The number of nitrogens with two attached hydrogens (primary N) is 1. The van der Waals surface area contributed by atoms with Crippen LogP contribution in [-0.4, -0.2) is 63.7 Å². The highest BCUT2D eigenvalue weighted by atomic mass is 31.2. The lowest BCUT2D eigenvalue weighted by Gasteiger charge is -2.25. The van der Waals surface area contributed by atoms with Crippen LogP contribution in [-0.2, 0) is 4.57 Å². The quantitative estimate of drug-likeness (QED) is 0.361. The number of hydrogen-bond acceptors (Lipinski definition) is 8. The van der Waals surface area contributed by atoms with Crippen molar-refractivity contribution in [2.24, 2.45) is 0 Å². The van der Waals surface area contributed by atoms with Crippen LogP contribution in [0.4, 0.5) is 17.5 Å². The number of fused-ring (bicyclic) bond motifs is 1. The molecule has 0 amide bonds. The Kier molecular flexibility index (Phi) is 5.80. The van der Waals surface area contributed by atoms with Crippen molar-refractivity contribution in [2.75, 3.05) is 55.0 Å². The van der Waals surface area contributed by atoms with E-state index in [1.165, 1.54) is 0 Å². The summed E-state index contributed by atoms with van der Waals surface area (Å²) in [5.74, 6) is 0.474. The van der Waals surface area contributed by atoms with Gasteiger partial charge in [-0.05, 0) is 0 Å². The Morgan fingerprint density at radius 3 is 2.83 bits per heavy atom. The van der Waals surface area contributed by atoms with Gasteiger partial charge in [0.1, 0.15) is 5.69 Å². The lowest BCUT2D eigenvalue weighted by molar-refractivity contribution is 0.290. The second-order valence-corrected chi connectivity index (χ2v) is 7.16. The average molecular weight is 357 g/mol. The van der Waals surface area contributed by atoms with Crippen LogP contribution in [0.25, 0.3) is 0 Å². The van der Waals surface area contributed by atoms with Gasteiger partial charge in [0, 0.05) is 32.6 Å². The molecule has 0 aliphatic carbocycles. The summed E-state index contributed by atoms with van der Waals surface area (Å²) in [7, 11) is -4.09. The average Bonchev–Trinajstić information content (AvgIpc) is 2.89. The van der Waals surface area contributed by atoms with Crippen molar-refractivity contribution in [2.45, 2.75) is 6.42 Å². The summed E-state index contributed by atoms with van der Waals surface area (Å²) < 4.78 is 11.0. The van der Waals surface area contributed by atoms with E-state index in [4.69, 9.17) is 20.8 Å². The second kappa shape index (κ2) is 7.63. The van der Waals surface area contributed by atoms with Crippen molar-refractivity contribution in [1.82, 2.24) is 14.9 Å². The van der Waals surface area contributed by atoms with Crippen molar-refractivity contribution in [3.63, 3.8) is 0 Å². The Balaban J connectivity index is 1.99. The number of anilines is 3. The zero-order valence-electron chi connectivity index (χ0n) is 13.0. The van der Waals surface area contributed by atoms with Crippen molar-refractivity contribution in [3.05, 3.63) is 10.4 Å². The lowest BCUT2D eigenvalue weighted by atomic mass is 10.3. The van der Waals surface area contributed by atoms with Gasteiger partial charge < -0.3 is 25.7 Å². The van der Waals surface area contributed by atoms with Gasteiger partial charge in [-0.3, -0.25) is 19.2 Å². The molecular formula is C12H20N7O4P. The monoisotopic (exact) mass is 357 g/mol. The summed E-state index contributed by atoms with van der Waals surface area (Å²) in [6.07, 6.45) is -0.000998. The number of rotatable bonds is 8. The molecule has 1 aliphatic heterocycles. The van der Waals surface area contributed by atoms with Gasteiger partial charge in [0.15, 0.2) is 5.82 Å². The van der Waals surface area contributed by atoms with E-state index in [0.29, 0.717) is 37.8 Å². The zero-order chi connectivity index (χ0) is 17.7. The number of nitrogens with one attached hydrogen (secondary N) is 2. The van der Waals surface area contributed by atoms with Gasteiger partial charge in [0.05, 0.1) is 18.9 Å². The van der Waals surface area contributed by atoms with Gasteiger partial charge in [0.2, 0.25) is 5.95 Å². The van der Waals surface area contributed by atoms with Gasteiger partial charge >= 0.3 is 7.60 Å². The van der Waals surface area contributed by atoms with E-state index in [-0.39, 0.29) is 30.6 Å². The zero-order valence-corrected chi connectivity index (χ0v) is 13.9. The summed E-state index contributed by atoms with van der Waals surface area (Å²) in [6, 6.07) is 2.02. The molecule has 24 heavy (non-hydrogen) atoms. The van der Waals surface area contributed by atoms with Crippen LogP contribution in [0, 0.1) is 11.3 Å². The maximum absolute atomic E-state index is 11.8. The minimum Gasteiger partial charge on any atom is -0.369 e. The van der Waals surface area contributed by atoms with E-state index >= 15 is 0 Å². The molecule has 0 saturated carbocycles. The number of nitriles is 1. The SMILES string of the molecule is N#CCCN(CCN1CNc2c1nc(N)[nH]c2=O)CCP(=O)(O)O. The molecule has 2 heterocycles. The lowest BCUT2D eigenvalue weighted by Crippen LogP contribution is -2.37. The topological polar surface area (TPSA) is 172 Å². The van der Waals surface area contributed by atoms with Gasteiger partial charge in [-0.1, -0.05) is 0 Å². The Hall–Kier alpha value is -2.12. The molecule has 0 spiro atoms. The van der Waals surface area contributed by atoms with E-state index in [1.807, 2.05) is 11.0 Å². The molecule has 0 saturated heterocycles. The molecular weight excluding hydrogens is 337 g/mol. The fraction of sp³-hybridized carbons (Fsp3) is 0.583. The fourth-order valence-electron chi connectivity index (χ4n) is 2.38. The van der Waals surface area contributed by atoms with E-state index in [0.717, 1.165) is 0 Å². The molecule has 0 atom stereocenters. The third-order valence-electron chi connectivity index (χ3n) is 3.60. The molecule has 132 valence electrons. The minimum absolute atomic E-state index is 0.0234. The highest BCUT2D eigenvalue weighted by Gasteiger charge is 2.24. The van der Waals surface area contributed by atoms with Crippen LogP contribution in [0.2, 0.25) is 0 Å². The number of hydrogen-bond donors (Lipinski definition) is 5. The van der Waals surface area contributed by atoms with E-state index < -0.39 is 7.60 Å². The number of nitrogen functional groups attached to an aromatic ring is 1. The molecule has 2 rings (SSSR count). The first-order chi connectivity index (χ1) is 11.3. The molecule has 12 heteroatoms. The van der Waals surface area contributed by atoms with Gasteiger partial charge in [-0.15, -0.1) is 0 Å². The molecule has 1 aromatic rings. The third-order valence-corrected chi connectivity index (χ3v) is 4.38. The van der Waals surface area contributed by atoms with Crippen LogP contribution in [0.15, 0.2) is 4.79 Å². The Morgan fingerprint density at radius 2 is 2.17 bits per heavy atom. The van der Waals surface area contributed by atoms with Gasteiger partial charge in [0.25, 0.3) is 5.56 Å². The van der Waals surface area contributed by atoms with Crippen LogP contribution >= 0.6 is 7.60 Å². The summed E-state index contributed by atoms with van der Waals surface area (Å²) in [5.41, 5.74) is 5.56. The molecule has 0 unspecified atom stereocenters. The molecule has 0 bridgehead atoms. The highest BCUT2D eigenvalue weighted by Crippen LogP contribution is 2.33. The van der Waals surface area contributed by atoms with Crippen molar-refractivity contribution < 1.29 is 14.4 Å². The Morgan fingerprint density at radius 1 is 1.42 bits per heavy atom. The number of nitrogens with zero attached hydrogens (tertiary/aromatic N) is 4. The van der Waals surface area contributed by atoms with Crippen molar-refractivity contribution in [1.29, 1.82) is 5.26 Å². The normalized spacial score (nSPS) is 13.7. The molecule has 1 aromatic heterocycles. The molecule has 6 N–H and O–H groups in total. The second-order valence-electron chi connectivity index (χ2n) is 5.39. The van der Waals surface area contributed by atoms with E-state index in [9.17, 15) is 9.36 Å². The first-order valence-electron chi connectivity index (χ1n) is 7.32. The number of aromatic nitrogens is 2. The minimum atomic E-state index is -4.09. The summed E-state index contributed by atoms with van der Waals surface area (Å²) >= 11 is 0. The molecule has 1 aliphatic rings. The fourth-order valence-corrected chi connectivity index (χ4v) is 2.92. The third kappa shape index (κ3) is 4.94. The van der Waals surface area contributed by atoms with E-state index in [2.05, 4.69) is 15.3 Å². The summed E-state index contributed by atoms with van der Waals surface area (Å²) in [4.78, 5) is 39.9. The Bertz CT molecular complexity index is 725. The van der Waals surface area contributed by atoms with Crippen molar-refractivity contribution >= 4 is 25.0 Å². The smallest absolute Gasteiger partial charge is 0.326 e. The number of aromatic amines is 1.